The van der Waals surface area contributed by atoms with Crippen LogP contribution in [0.15, 0.2) is 140 Å². The summed E-state index contributed by atoms with van der Waals surface area (Å²) in [5.41, 5.74) is 8.97. The Kier molecular flexibility index (Phi) is 4.86. The van der Waals surface area contributed by atoms with Gasteiger partial charge >= 0.3 is 0 Å². The molecule has 2 heterocycles. The summed E-state index contributed by atoms with van der Waals surface area (Å²) in [6, 6.07) is 49.3. The first-order valence-electron chi connectivity index (χ1n) is 15.5. The van der Waals surface area contributed by atoms with E-state index in [1.54, 1.807) is 0 Å². The molecule has 0 saturated heterocycles. The first-order chi connectivity index (χ1) is 21.8. The number of para-hydroxylation sites is 3. The lowest BCUT2D eigenvalue weighted by atomic mass is 9.94. The summed E-state index contributed by atoms with van der Waals surface area (Å²) in [7, 11) is 0. The maximum Gasteiger partial charge on any atom is 0.0546 e. The van der Waals surface area contributed by atoms with E-state index in [-0.39, 0.29) is 0 Å². The Morgan fingerprint density at radius 3 is 1.82 bits per heavy atom. The highest BCUT2D eigenvalue weighted by molar-refractivity contribution is 6.22. The number of aryl methyl sites for hydroxylation is 1. The van der Waals surface area contributed by atoms with Gasteiger partial charge in [0.25, 0.3) is 0 Å². The molecule has 2 heteroatoms. The number of benzene rings is 7. The van der Waals surface area contributed by atoms with Crippen molar-refractivity contribution in [3.63, 3.8) is 0 Å². The number of nitrogens with zero attached hydrogens (tertiary/aromatic N) is 2. The molecule has 1 aliphatic rings. The smallest absolute Gasteiger partial charge is 0.0546 e. The van der Waals surface area contributed by atoms with Crippen molar-refractivity contribution in [2.75, 3.05) is 0 Å². The molecule has 0 bridgehead atoms. The predicted molar refractivity (Wildman–Crippen MR) is 187 cm³/mol. The van der Waals surface area contributed by atoms with Crippen LogP contribution in [0.1, 0.15) is 17.7 Å². The molecule has 0 aliphatic heterocycles. The second-order valence-electron chi connectivity index (χ2n) is 12.0. The Labute approximate surface area is 254 Å². The lowest BCUT2D eigenvalue weighted by Gasteiger charge is -2.17. The lowest BCUT2D eigenvalue weighted by molar-refractivity contribution is 0.970. The fraction of sp³-hybridized carbons (Fsp3) is 0.0476. The van der Waals surface area contributed by atoms with E-state index < -0.39 is 0 Å². The quantitative estimate of drug-likeness (QED) is 0.186. The summed E-state index contributed by atoms with van der Waals surface area (Å²) in [5, 5.41) is 11.6. The Morgan fingerprint density at radius 2 is 1.07 bits per heavy atom. The van der Waals surface area contributed by atoms with Crippen LogP contribution in [-0.2, 0) is 6.42 Å². The van der Waals surface area contributed by atoms with Crippen molar-refractivity contribution < 1.29 is 0 Å². The number of allylic oxidation sites excluding steroid dienone is 1. The predicted octanol–water partition coefficient (Wildman–Crippen LogP) is 11.1. The fourth-order valence-corrected chi connectivity index (χ4v) is 7.88. The van der Waals surface area contributed by atoms with Gasteiger partial charge in [-0.3, -0.25) is 0 Å². The van der Waals surface area contributed by atoms with Crippen LogP contribution >= 0.6 is 0 Å². The van der Waals surface area contributed by atoms with E-state index in [1.807, 2.05) is 0 Å². The van der Waals surface area contributed by atoms with E-state index in [0.717, 1.165) is 12.8 Å². The molecule has 7 aromatic carbocycles. The van der Waals surface area contributed by atoms with Gasteiger partial charge in [-0.05, 0) is 87.8 Å². The molecule has 0 radical (unpaired) electrons. The molecule has 0 N–H and O–H groups in total. The van der Waals surface area contributed by atoms with Gasteiger partial charge in [-0.1, -0.05) is 103 Å². The van der Waals surface area contributed by atoms with Crippen LogP contribution in [0.3, 0.4) is 0 Å². The van der Waals surface area contributed by atoms with E-state index in [4.69, 9.17) is 0 Å². The Bertz CT molecular complexity index is 2610. The molecule has 2 nitrogen and oxygen atoms in total. The van der Waals surface area contributed by atoms with E-state index in [0.29, 0.717) is 0 Å². The van der Waals surface area contributed by atoms with Gasteiger partial charge in [0.2, 0.25) is 0 Å². The highest BCUT2D eigenvalue weighted by atomic mass is 15.0. The molecule has 44 heavy (non-hydrogen) atoms. The molecule has 9 aromatic rings. The highest BCUT2D eigenvalue weighted by Gasteiger charge is 2.21. The minimum absolute atomic E-state index is 1.09. The van der Waals surface area contributed by atoms with Gasteiger partial charge in [0, 0.05) is 32.9 Å². The van der Waals surface area contributed by atoms with Crippen molar-refractivity contribution in [3.05, 3.63) is 151 Å². The Morgan fingerprint density at radius 1 is 0.455 bits per heavy atom. The SMILES string of the molecule is C1=Cc2c(c3ccccc3n2-c2cc3ccc4cc(-n5c6ccccc6c6ccccc65)ccc4c3c3ccccc23)CC1. The summed E-state index contributed by atoms with van der Waals surface area (Å²) < 4.78 is 4.90. The maximum absolute atomic E-state index is 2.50. The summed E-state index contributed by atoms with van der Waals surface area (Å²) in [6.07, 6.45) is 6.84. The zero-order chi connectivity index (χ0) is 28.8. The average Bonchev–Trinajstić information content (AvgIpc) is 3.60. The van der Waals surface area contributed by atoms with Crippen molar-refractivity contribution in [3.8, 4) is 11.4 Å². The van der Waals surface area contributed by atoms with Gasteiger partial charge < -0.3 is 9.13 Å². The first-order valence-corrected chi connectivity index (χ1v) is 15.5. The minimum Gasteiger partial charge on any atom is -0.309 e. The minimum atomic E-state index is 1.09. The van der Waals surface area contributed by atoms with Gasteiger partial charge in [-0.2, -0.15) is 0 Å². The summed E-state index contributed by atoms with van der Waals surface area (Å²) >= 11 is 0. The fourth-order valence-electron chi connectivity index (χ4n) is 7.88. The molecule has 2 aromatic heterocycles. The van der Waals surface area contributed by atoms with Gasteiger partial charge in [-0.15, -0.1) is 0 Å². The third kappa shape index (κ3) is 3.20. The van der Waals surface area contributed by atoms with Crippen LogP contribution in [0.2, 0.25) is 0 Å². The Hall–Kier alpha value is -5.60. The number of hydrogen-bond donors (Lipinski definition) is 0. The molecular weight excluding hydrogens is 532 g/mol. The zero-order valence-corrected chi connectivity index (χ0v) is 24.2. The second kappa shape index (κ2) is 8.95. The number of fused-ring (bicyclic) bond motifs is 11. The number of hydrogen-bond acceptors (Lipinski definition) is 0. The molecule has 0 fully saturated rings. The van der Waals surface area contributed by atoms with Crippen LogP contribution in [0.4, 0.5) is 0 Å². The van der Waals surface area contributed by atoms with Crippen LogP contribution < -0.4 is 0 Å². The van der Waals surface area contributed by atoms with Gasteiger partial charge in [0.1, 0.15) is 0 Å². The van der Waals surface area contributed by atoms with Crippen molar-refractivity contribution in [2.45, 2.75) is 12.8 Å². The molecular formula is C42H28N2. The molecule has 0 amide bonds. The van der Waals surface area contributed by atoms with E-state index >= 15 is 0 Å². The van der Waals surface area contributed by atoms with E-state index in [9.17, 15) is 0 Å². The van der Waals surface area contributed by atoms with Crippen molar-refractivity contribution in [1.82, 2.24) is 9.13 Å². The molecule has 0 atom stereocenters. The van der Waals surface area contributed by atoms with Crippen molar-refractivity contribution in [2.24, 2.45) is 0 Å². The van der Waals surface area contributed by atoms with Gasteiger partial charge in [0.05, 0.1) is 22.2 Å². The summed E-state index contributed by atoms with van der Waals surface area (Å²) in [5.74, 6) is 0. The van der Waals surface area contributed by atoms with E-state index in [1.165, 1.54) is 87.7 Å². The topological polar surface area (TPSA) is 9.86 Å². The number of aromatic nitrogens is 2. The average molecular weight is 561 g/mol. The van der Waals surface area contributed by atoms with Gasteiger partial charge in [0.15, 0.2) is 0 Å². The Balaban J connectivity index is 1.26. The molecule has 0 spiro atoms. The summed E-state index contributed by atoms with van der Waals surface area (Å²) in [4.78, 5) is 0. The standard InChI is InChI=1S/C42H28N2/c1-2-16-36-35(15-1)41(44-39-19-9-5-13-33(39)34-14-6-10-20-40(34)44)26-28-22-21-27-25-29(23-24-30(27)42(28)36)43-37-17-7-3-11-31(37)32-12-4-8-18-38(32)43/h1-5,7-13,15-26H,6,14H2. The molecule has 10 rings (SSSR count). The van der Waals surface area contributed by atoms with Crippen LogP contribution in [0.25, 0.3) is 82.5 Å². The van der Waals surface area contributed by atoms with Gasteiger partial charge in [-0.25, -0.2) is 0 Å². The van der Waals surface area contributed by atoms with Crippen LogP contribution in [0, 0.1) is 0 Å². The normalized spacial score (nSPS) is 13.2. The first kappa shape index (κ1) is 23.9. The molecule has 206 valence electrons. The van der Waals surface area contributed by atoms with Crippen molar-refractivity contribution >= 4 is 71.1 Å². The monoisotopic (exact) mass is 560 g/mol. The highest BCUT2D eigenvalue weighted by Crippen LogP contribution is 2.41. The number of rotatable bonds is 2. The van der Waals surface area contributed by atoms with Crippen molar-refractivity contribution in [1.29, 1.82) is 0 Å². The van der Waals surface area contributed by atoms with Crippen LogP contribution in [0.5, 0.6) is 0 Å². The maximum atomic E-state index is 2.50. The van der Waals surface area contributed by atoms with Crippen LogP contribution in [-0.4, -0.2) is 9.13 Å². The molecule has 0 saturated carbocycles. The van der Waals surface area contributed by atoms with E-state index in [2.05, 4.69) is 155 Å². The molecule has 0 unspecified atom stereocenters. The summed E-state index contributed by atoms with van der Waals surface area (Å²) in [6.45, 7) is 0. The third-order valence-electron chi connectivity index (χ3n) is 9.74. The second-order valence-corrected chi connectivity index (χ2v) is 12.0. The molecule has 1 aliphatic carbocycles. The third-order valence-corrected chi connectivity index (χ3v) is 9.74. The largest absolute Gasteiger partial charge is 0.309 e. The lowest BCUT2D eigenvalue weighted by Crippen LogP contribution is -2.01. The zero-order valence-electron chi connectivity index (χ0n) is 24.2.